The Morgan fingerprint density at radius 1 is 1.22 bits per heavy atom. The first-order chi connectivity index (χ1) is 12.2. The quantitative estimate of drug-likeness (QED) is 0.788. The van der Waals surface area contributed by atoms with E-state index in [0.29, 0.717) is 11.8 Å². The summed E-state index contributed by atoms with van der Waals surface area (Å²) in [5, 5.41) is 6.72. The SMILES string of the molecule is Cl.Cl.O=C(NCC1CCN(c2ccc(F)cc2)C1)[C@@]12CCCC[C@H]1CNC2. The van der Waals surface area contributed by atoms with Crippen molar-refractivity contribution in [3.8, 4) is 0 Å². The molecule has 1 amide bonds. The summed E-state index contributed by atoms with van der Waals surface area (Å²) >= 11 is 0. The first kappa shape index (κ1) is 22.3. The van der Waals surface area contributed by atoms with Gasteiger partial charge in [-0.3, -0.25) is 4.79 Å². The van der Waals surface area contributed by atoms with E-state index in [1.165, 1.54) is 31.4 Å². The van der Waals surface area contributed by atoms with Crippen molar-refractivity contribution >= 4 is 36.4 Å². The predicted octanol–water partition coefficient (Wildman–Crippen LogP) is 3.39. The third-order valence-electron chi connectivity index (χ3n) is 6.52. The largest absolute Gasteiger partial charge is 0.371 e. The summed E-state index contributed by atoms with van der Waals surface area (Å²) < 4.78 is 13.1. The molecule has 4 rings (SSSR count). The topological polar surface area (TPSA) is 44.4 Å². The zero-order valence-electron chi connectivity index (χ0n) is 15.6. The van der Waals surface area contributed by atoms with E-state index in [4.69, 9.17) is 0 Å². The number of anilines is 1. The molecule has 1 aliphatic carbocycles. The van der Waals surface area contributed by atoms with Crippen molar-refractivity contribution in [1.82, 2.24) is 10.6 Å². The van der Waals surface area contributed by atoms with Crippen LogP contribution in [0.4, 0.5) is 10.1 Å². The Morgan fingerprint density at radius 2 is 2.00 bits per heavy atom. The molecule has 0 spiro atoms. The fourth-order valence-electron chi connectivity index (χ4n) is 4.99. The van der Waals surface area contributed by atoms with Gasteiger partial charge >= 0.3 is 0 Å². The maximum atomic E-state index is 13.1. The number of rotatable bonds is 4. The molecule has 7 heteroatoms. The molecule has 0 bridgehead atoms. The van der Waals surface area contributed by atoms with Crippen molar-refractivity contribution in [3.05, 3.63) is 30.1 Å². The van der Waals surface area contributed by atoms with Crippen LogP contribution in [-0.4, -0.2) is 38.6 Å². The molecule has 27 heavy (non-hydrogen) atoms. The number of hydrogen-bond acceptors (Lipinski definition) is 3. The molecule has 1 saturated carbocycles. The number of amides is 1. The number of carbonyl (C=O) groups is 1. The summed E-state index contributed by atoms with van der Waals surface area (Å²) in [6, 6.07) is 6.71. The normalized spacial score (nSPS) is 29.4. The summed E-state index contributed by atoms with van der Waals surface area (Å²) in [6.07, 6.45) is 5.72. The second-order valence-electron chi connectivity index (χ2n) is 8.02. The highest BCUT2D eigenvalue weighted by Gasteiger charge is 2.49. The van der Waals surface area contributed by atoms with Crippen LogP contribution in [0.2, 0.25) is 0 Å². The number of nitrogens with zero attached hydrogens (tertiary/aromatic N) is 1. The molecule has 3 fully saturated rings. The molecule has 4 nitrogen and oxygen atoms in total. The molecule has 1 aromatic carbocycles. The lowest BCUT2D eigenvalue weighted by Gasteiger charge is -2.37. The van der Waals surface area contributed by atoms with E-state index in [0.717, 1.165) is 51.3 Å². The van der Waals surface area contributed by atoms with Crippen LogP contribution >= 0.6 is 24.8 Å². The van der Waals surface area contributed by atoms with E-state index in [1.807, 2.05) is 12.1 Å². The van der Waals surface area contributed by atoms with Gasteiger partial charge in [-0.15, -0.1) is 24.8 Å². The second kappa shape index (κ2) is 9.44. The maximum Gasteiger partial charge on any atom is 0.227 e. The van der Waals surface area contributed by atoms with E-state index < -0.39 is 0 Å². The van der Waals surface area contributed by atoms with Crippen LogP contribution in [0.15, 0.2) is 24.3 Å². The molecule has 2 heterocycles. The molecule has 3 aliphatic rings. The van der Waals surface area contributed by atoms with E-state index in [1.54, 1.807) is 0 Å². The molecule has 2 saturated heterocycles. The van der Waals surface area contributed by atoms with E-state index in [-0.39, 0.29) is 42.0 Å². The van der Waals surface area contributed by atoms with Crippen LogP contribution < -0.4 is 15.5 Å². The van der Waals surface area contributed by atoms with Gasteiger partial charge in [0.15, 0.2) is 0 Å². The Kier molecular flexibility index (Phi) is 7.78. The summed E-state index contributed by atoms with van der Waals surface area (Å²) in [4.78, 5) is 15.2. The summed E-state index contributed by atoms with van der Waals surface area (Å²) in [5.74, 6) is 1.06. The van der Waals surface area contributed by atoms with Crippen molar-refractivity contribution in [3.63, 3.8) is 0 Å². The number of halogens is 3. The van der Waals surface area contributed by atoms with Crippen molar-refractivity contribution in [2.45, 2.75) is 32.1 Å². The van der Waals surface area contributed by atoms with Crippen molar-refractivity contribution < 1.29 is 9.18 Å². The molecule has 152 valence electrons. The van der Waals surface area contributed by atoms with Crippen molar-refractivity contribution in [2.24, 2.45) is 17.3 Å². The Morgan fingerprint density at radius 3 is 2.78 bits per heavy atom. The van der Waals surface area contributed by atoms with E-state index in [9.17, 15) is 9.18 Å². The Hall–Kier alpha value is -1.04. The fourth-order valence-corrected chi connectivity index (χ4v) is 4.99. The number of benzene rings is 1. The molecule has 0 radical (unpaired) electrons. The summed E-state index contributed by atoms with van der Waals surface area (Å²) in [7, 11) is 0. The highest BCUT2D eigenvalue weighted by molar-refractivity contribution is 5.85. The number of fused-ring (bicyclic) bond motifs is 1. The van der Waals surface area contributed by atoms with Gasteiger partial charge in [0.05, 0.1) is 5.41 Å². The first-order valence-electron chi connectivity index (χ1n) is 9.67. The van der Waals surface area contributed by atoms with Gasteiger partial charge in [-0.2, -0.15) is 0 Å². The molecule has 0 aromatic heterocycles. The average Bonchev–Trinajstić information content (AvgIpc) is 3.28. The summed E-state index contributed by atoms with van der Waals surface area (Å²) in [6.45, 7) is 4.50. The molecular weight excluding hydrogens is 388 g/mol. The molecular formula is C20H30Cl2FN3O. The Balaban J connectivity index is 0.00000131. The van der Waals surface area contributed by atoms with Gasteiger partial charge in [0, 0.05) is 31.9 Å². The summed E-state index contributed by atoms with van der Waals surface area (Å²) in [5.41, 5.74) is 0.911. The number of hydrogen-bond donors (Lipinski definition) is 2. The highest BCUT2D eigenvalue weighted by Crippen LogP contribution is 2.43. The smallest absolute Gasteiger partial charge is 0.227 e. The predicted molar refractivity (Wildman–Crippen MR) is 111 cm³/mol. The second-order valence-corrected chi connectivity index (χ2v) is 8.02. The zero-order valence-corrected chi connectivity index (χ0v) is 17.2. The number of nitrogens with one attached hydrogen (secondary N) is 2. The van der Waals surface area contributed by atoms with Gasteiger partial charge in [0.25, 0.3) is 0 Å². The van der Waals surface area contributed by atoms with Gasteiger partial charge in [0.2, 0.25) is 5.91 Å². The van der Waals surface area contributed by atoms with Crippen LogP contribution in [0, 0.1) is 23.1 Å². The van der Waals surface area contributed by atoms with Crippen LogP contribution in [0.5, 0.6) is 0 Å². The van der Waals surface area contributed by atoms with Crippen molar-refractivity contribution in [1.29, 1.82) is 0 Å². The van der Waals surface area contributed by atoms with E-state index in [2.05, 4.69) is 15.5 Å². The minimum atomic E-state index is -0.196. The molecule has 1 aromatic rings. The number of carbonyl (C=O) groups excluding carboxylic acids is 1. The molecule has 2 aliphatic heterocycles. The molecule has 3 atom stereocenters. The standard InChI is InChI=1S/C20H28FN3O.2ClH/c21-17-4-6-18(7-5-17)24-10-8-15(13-24)11-23-19(25)20-9-2-1-3-16(20)12-22-14-20;;/h4-7,15-16,22H,1-3,8-14H2,(H,23,25);2*1H/t15?,16-,20+;;/m0../s1. The molecule has 1 unspecified atom stereocenters. The Bertz CT molecular complexity index is 630. The van der Waals surface area contributed by atoms with Gasteiger partial charge in [-0.1, -0.05) is 12.8 Å². The maximum absolute atomic E-state index is 13.1. The fraction of sp³-hybridized carbons (Fsp3) is 0.650. The third kappa shape index (κ3) is 4.52. The lowest BCUT2D eigenvalue weighted by Crippen LogP contribution is -2.49. The van der Waals surface area contributed by atoms with E-state index >= 15 is 0 Å². The minimum absolute atomic E-state index is 0. The van der Waals surface area contributed by atoms with Gasteiger partial charge in [0.1, 0.15) is 5.82 Å². The lowest BCUT2D eigenvalue weighted by atomic mass is 9.67. The van der Waals surface area contributed by atoms with Gasteiger partial charge < -0.3 is 15.5 Å². The van der Waals surface area contributed by atoms with Gasteiger partial charge in [-0.05, 0) is 61.9 Å². The van der Waals surface area contributed by atoms with Crippen LogP contribution in [0.1, 0.15) is 32.1 Å². The monoisotopic (exact) mass is 417 g/mol. The third-order valence-corrected chi connectivity index (χ3v) is 6.52. The minimum Gasteiger partial charge on any atom is -0.371 e. The van der Waals surface area contributed by atoms with Gasteiger partial charge in [-0.25, -0.2) is 4.39 Å². The van der Waals surface area contributed by atoms with Crippen LogP contribution in [-0.2, 0) is 4.79 Å². The zero-order chi connectivity index (χ0) is 17.3. The highest BCUT2D eigenvalue weighted by atomic mass is 35.5. The lowest BCUT2D eigenvalue weighted by molar-refractivity contribution is -0.134. The Labute approximate surface area is 173 Å². The van der Waals surface area contributed by atoms with Crippen LogP contribution in [0.25, 0.3) is 0 Å². The van der Waals surface area contributed by atoms with Crippen LogP contribution in [0.3, 0.4) is 0 Å². The molecule has 2 N–H and O–H groups in total. The first-order valence-corrected chi connectivity index (χ1v) is 9.67. The average molecular weight is 418 g/mol. The van der Waals surface area contributed by atoms with Crippen molar-refractivity contribution in [2.75, 3.05) is 37.6 Å².